The first kappa shape index (κ1) is 21.1. The first-order valence-electron chi connectivity index (χ1n) is 10.0. The van der Waals surface area contributed by atoms with Gasteiger partial charge in [0.2, 0.25) is 0 Å². The second-order valence-electron chi connectivity index (χ2n) is 7.42. The van der Waals surface area contributed by atoms with Gasteiger partial charge in [0, 0.05) is 22.4 Å². The number of fused-ring (bicyclic) bond motifs is 1. The molecule has 0 aliphatic carbocycles. The monoisotopic (exact) mass is 439 g/mol. The molecule has 0 saturated heterocycles. The Bertz CT molecular complexity index is 1110. The van der Waals surface area contributed by atoms with Gasteiger partial charge >= 0.3 is 0 Å². The van der Waals surface area contributed by atoms with Crippen molar-refractivity contribution >= 4 is 23.0 Å². The van der Waals surface area contributed by atoms with E-state index < -0.39 is 6.10 Å². The molecule has 0 radical (unpaired) electrons. The third kappa shape index (κ3) is 4.77. The van der Waals surface area contributed by atoms with Crippen molar-refractivity contribution in [1.29, 1.82) is 0 Å². The summed E-state index contributed by atoms with van der Waals surface area (Å²) < 4.78 is 25.9. The minimum atomic E-state index is -0.657. The van der Waals surface area contributed by atoms with Crippen LogP contribution in [0.5, 0.6) is 11.5 Å². The highest BCUT2D eigenvalue weighted by Crippen LogP contribution is 2.42. The highest BCUT2D eigenvalue weighted by Gasteiger charge is 2.28. The quantitative estimate of drug-likeness (QED) is 0.545. The normalized spacial score (nSPS) is 15.6. The Morgan fingerprint density at radius 2 is 2.00 bits per heavy atom. The molecule has 0 bridgehead atoms. The molecular formula is C24H22FNO4S. The Balaban J connectivity index is 1.41. The number of Topliss-reactive ketones (excluding diaryl/α,β-unsaturated/α-hetero) is 1. The molecular weight excluding hydrogens is 417 g/mol. The van der Waals surface area contributed by atoms with Gasteiger partial charge in [-0.05, 0) is 50.2 Å². The van der Waals surface area contributed by atoms with Crippen molar-refractivity contribution in [2.45, 2.75) is 32.5 Å². The van der Waals surface area contributed by atoms with Gasteiger partial charge in [-0.15, -0.1) is 11.3 Å². The van der Waals surface area contributed by atoms with Crippen molar-refractivity contribution in [2.24, 2.45) is 0 Å². The molecule has 2 heterocycles. The van der Waals surface area contributed by atoms with E-state index in [0.717, 1.165) is 10.4 Å². The smallest absolute Gasteiger partial charge is 0.260 e. The van der Waals surface area contributed by atoms with Crippen LogP contribution in [0.4, 0.5) is 4.39 Å². The standard InChI is InChI=1S/C24H22FNO4S/c1-14(27)21-8-9-22(31-21)20-12-17(25)10-16-11-19(30-23(16)20)13-26-24(28)15(2)29-18-6-4-3-5-7-18/h3-10,12,15,19H,11,13H2,1-2H3,(H,26,28)/t15-,19-/m1/s1. The summed E-state index contributed by atoms with van der Waals surface area (Å²) in [5.74, 6) is 0.586. The number of thiophene rings is 1. The van der Waals surface area contributed by atoms with Crippen LogP contribution in [0.25, 0.3) is 10.4 Å². The van der Waals surface area contributed by atoms with Crippen LogP contribution < -0.4 is 14.8 Å². The van der Waals surface area contributed by atoms with Gasteiger partial charge < -0.3 is 14.8 Å². The maximum Gasteiger partial charge on any atom is 0.260 e. The SMILES string of the molecule is CC(=O)c1ccc(-c2cc(F)cc3c2O[C@@H](CNC(=O)[C@@H](C)Oc2ccccc2)C3)s1. The highest BCUT2D eigenvalue weighted by molar-refractivity contribution is 7.17. The molecule has 1 aliphatic rings. The van der Waals surface area contributed by atoms with E-state index in [1.54, 1.807) is 31.2 Å². The van der Waals surface area contributed by atoms with Gasteiger partial charge in [-0.3, -0.25) is 9.59 Å². The van der Waals surface area contributed by atoms with Crippen molar-refractivity contribution in [1.82, 2.24) is 5.32 Å². The minimum absolute atomic E-state index is 0.0300. The Hall–Kier alpha value is -3.19. The van der Waals surface area contributed by atoms with Gasteiger partial charge in [-0.1, -0.05) is 18.2 Å². The van der Waals surface area contributed by atoms with Gasteiger partial charge in [0.15, 0.2) is 11.9 Å². The predicted molar refractivity (Wildman–Crippen MR) is 117 cm³/mol. The van der Waals surface area contributed by atoms with E-state index in [-0.39, 0.29) is 30.2 Å². The molecule has 0 spiro atoms. The van der Waals surface area contributed by atoms with Crippen molar-refractivity contribution < 1.29 is 23.5 Å². The van der Waals surface area contributed by atoms with Crippen molar-refractivity contribution in [3.05, 3.63) is 70.9 Å². The Kier molecular flexibility index (Phi) is 6.04. The number of hydrogen-bond acceptors (Lipinski definition) is 5. The topological polar surface area (TPSA) is 64.6 Å². The van der Waals surface area contributed by atoms with Crippen LogP contribution in [0.3, 0.4) is 0 Å². The number of ketones is 1. The van der Waals surface area contributed by atoms with Crippen molar-refractivity contribution in [3.8, 4) is 21.9 Å². The van der Waals surface area contributed by atoms with Gasteiger partial charge in [-0.2, -0.15) is 0 Å². The van der Waals surface area contributed by atoms with Crippen LogP contribution in [0.2, 0.25) is 0 Å². The molecule has 2 aromatic carbocycles. The zero-order valence-electron chi connectivity index (χ0n) is 17.2. The van der Waals surface area contributed by atoms with Crippen molar-refractivity contribution in [3.63, 3.8) is 0 Å². The molecule has 1 amide bonds. The van der Waals surface area contributed by atoms with E-state index in [1.807, 2.05) is 18.2 Å². The van der Waals surface area contributed by atoms with Crippen LogP contribution >= 0.6 is 11.3 Å². The number of para-hydroxylation sites is 1. The van der Waals surface area contributed by atoms with E-state index in [9.17, 15) is 14.0 Å². The average Bonchev–Trinajstić information content (AvgIpc) is 3.39. The number of nitrogens with one attached hydrogen (secondary N) is 1. The molecule has 31 heavy (non-hydrogen) atoms. The fourth-order valence-electron chi connectivity index (χ4n) is 3.48. The molecule has 0 unspecified atom stereocenters. The minimum Gasteiger partial charge on any atom is -0.487 e. The first-order chi connectivity index (χ1) is 14.9. The second-order valence-corrected chi connectivity index (χ2v) is 8.51. The summed E-state index contributed by atoms with van der Waals surface area (Å²) in [5.41, 5.74) is 1.38. The number of hydrogen-bond donors (Lipinski definition) is 1. The largest absolute Gasteiger partial charge is 0.487 e. The fourth-order valence-corrected chi connectivity index (χ4v) is 4.39. The summed E-state index contributed by atoms with van der Waals surface area (Å²) in [6, 6.07) is 15.6. The molecule has 1 aromatic heterocycles. The maximum atomic E-state index is 14.2. The van der Waals surface area contributed by atoms with E-state index in [0.29, 0.717) is 28.4 Å². The molecule has 1 N–H and O–H groups in total. The molecule has 160 valence electrons. The van der Waals surface area contributed by atoms with Crippen molar-refractivity contribution in [2.75, 3.05) is 6.54 Å². The summed E-state index contributed by atoms with van der Waals surface area (Å²) in [6.07, 6.45) is -0.481. The fraction of sp³-hybridized carbons (Fsp3) is 0.250. The Morgan fingerprint density at radius 3 is 2.71 bits per heavy atom. The third-order valence-corrected chi connectivity index (χ3v) is 6.23. The van der Waals surface area contributed by atoms with Crippen LogP contribution in [-0.2, 0) is 11.2 Å². The molecule has 4 rings (SSSR count). The summed E-state index contributed by atoms with van der Waals surface area (Å²) in [4.78, 5) is 25.4. The molecule has 0 saturated carbocycles. The Morgan fingerprint density at radius 1 is 1.23 bits per heavy atom. The van der Waals surface area contributed by atoms with E-state index in [1.165, 1.54) is 30.4 Å². The summed E-state index contributed by atoms with van der Waals surface area (Å²) in [6.45, 7) is 3.47. The zero-order valence-corrected chi connectivity index (χ0v) is 18.0. The molecule has 1 aliphatic heterocycles. The Labute approximate surface area is 183 Å². The lowest BCUT2D eigenvalue weighted by Gasteiger charge is -2.17. The summed E-state index contributed by atoms with van der Waals surface area (Å²) >= 11 is 1.31. The number of ether oxygens (including phenoxy) is 2. The predicted octanol–water partition coefficient (Wildman–Crippen LogP) is 4.64. The lowest BCUT2D eigenvalue weighted by Crippen LogP contribution is -2.41. The van der Waals surface area contributed by atoms with Crippen LogP contribution in [-0.4, -0.2) is 30.4 Å². The molecule has 3 aromatic rings. The van der Waals surface area contributed by atoms with Crippen LogP contribution in [0.1, 0.15) is 29.1 Å². The number of benzene rings is 2. The van der Waals surface area contributed by atoms with Crippen LogP contribution in [0.15, 0.2) is 54.6 Å². The summed E-state index contributed by atoms with van der Waals surface area (Å²) in [5, 5.41) is 2.85. The summed E-state index contributed by atoms with van der Waals surface area (Å²) in [7, 11) is 0. The van der Waals surface area contributed by atoms with E-state index >= 15 is 0 Å². The second kappa shape index (κ2) is 8.89. The van der Waals surface area contributed by atoms with Gasteiger partial charge in [-0.25, -0.2) is 4.39 Å². The molecule has 5 nitrogen and oxygen atoms in total. The number of rotatable bonds is 7. The van der Waals surface area contributed by atoms with E-state index in [4.69, 9.17) is 9.47 Å². The first-order valence-corrected chi connectivity index (χ1v) is 10.8. The number of halogens is 1. The molecule has 0 fully saturated rings. The van der Waals surface area contributed by atoms with E-state index in [2.05, 4.69) is 5.32 Å². The highest BCUT2D eigenvalue weighted by atomic mass is 32.1. The number of carbonyl (C=O) groups is 2. The number of amides is 1. The lowest BCUT2D eigenvalue weighted by atomic mass is 10.0. The average molecular weight is 440 g/mol. The molecule has 7 heteroatoms. The lowest BCUT2D eigenvalue weighted by molar-refractivity contribution is -0.127. The molecule has 2 atom stereocenters. The maximum absolute atomic E-state index is 14.2. The zero-order chi connectivity index (χ0) is 22.0. The van der Waals surface area contributed by atoms with Gasteiger partial charge in [0.05, 0.1) is 11.4 Å². The third-order valence-electron chi connectivity index (χ3n) is 5.01. The van der Waals surface area contributed by atoms with Gasteiger partial charge in [0.1, 0.15) is 23.4 Å². The van der Waals surface area contributed by atoms with Crippen LogP contribution in [0, 0.1) is 5.82 Å². The van der Waals surface area contributed by atoms with Gasteiger partial charge in [0.25, 0.3) is 5.91 Å². The number of carbonyl (C=O) groups excluding carboxylic acids is 2.